The molecule has 1 saturated carbocycles. The number of hydrogen-bond acceptors (Lipinski definition) is 4. The van der Waals surface area contributed by atoms with E-state index in [4.69, 9.17) is 0 Å². The first kappa shape index (κ1) is 12.6. The molecule has 0 aliphatic heterocycles. The van der Waals surface area contributed by atoms with Crippen molar-refractivity contribution < 1.29 is 0 Å². The van der Waals surface area contributed by atoms with E-state index in [0.717, 1.165) is 16.6 Å². The van der Waals surface area contributed by atoms with Crippen molar-refractivity contribution in [1.29, 1.82) is 0 Å². The van der Waals surface area contributed by atoms with Crippen molar-refractivity contribution in [3.63, 3.8) is 0 Å². The molecule has 0 amide bonds. The zero-order valence-electron chi connectivity index (χ0n) is 10.6. The maximum atomic E-state index is 4.24. The molecule has 17 heavy (non-hydrogen) atoms. The van der Waals surface area contributed by atoms with E-state index in [2.05, 4.69) is 40.4 Å². The van der Waals surface area contributed by atoms with Crippen LogP contribution >= 0.6 is 11.8 Å². The van der Waals surface area contributed by atoms with Gasteiger partial charge >= 0.3 is 0 Å². The second-order valence-corrected chi connectivity index (χ2v) is 5.90. The molecule has 3 nitrogen and oxygen atoms in total. The van der Waals surface area contributed by atoms with Crippen molar-refractivity contribution in [2.24, 2.45) is 0 Å². The van der Waals surface area contributed by atoms with Crippen molar-refractivity contribution >= 4 is 23.1 Å². The van der Waals surface area contributed by atoms with Crippen molar-refractivity contribution in [3.05, 3.63) is 18.5 Å². The molecule has 0 aromatic carbocycles. The minimum absolute atomic E-state index is 0.605. The summed E-state index contributed by atoms with van der Waals surface area (Å²) in [5.74, 6) is 1.21. The molecule has 1 aliphatic rings. The lowest BCUT2D eigenvalue weighted by Gasteiger charge is -2.21. The van der Waals surface area contributed by atoms with Crippen molar-refractivity contribution in [3.8, 4) is 0 Å². The summed E-state index contributed by atoms with van der Waals surface area (Å²) in [5, 5.41) is 7.51. The van der Waals surface area contributed by atoms with Gasteiger partial charge in [-0.1, -0.05) is 13.3 Å². The van der Waals surface area contributed by atoms with Crippen LogP contribution in [0.1, 0.15) is 26.2 Å². The van der Waals surface area contributed by atoms with E-state index < -0.39 is 0 Å². The molecule has 2 N–H and O–H groups in total. The summed E-state index contributed by atoms with van der Waals surface area (Å²) in [6, 6.07) is 2.73. The highest BCUT2D eigenvalue weighted by Gasteiger charge is 2.26. The third-order valence-electron chi connectivity index (χ3n) is 3.21. The largest absolute Gasteiger partial charge is 0.387 e. The molecule has 0 bridgehead atoms. The van der Waals surface area contributed by atoms with Crippen LogP contribution in [0, 0.1) is 0 Å². The molecular weight excluding hydrogens is 230 g/mol. The SMILES string of the molecule is CCSC1CCCC1Nc1cncc(NC)c1. The third kappa shape index (κ3) is 3.28. The van der Waals surface area contributed by atoms with Crippen molar-refractivity contribution in [1.82, 2.24) is 4.98 Å². The Morgan fingerprint density at radius 3 is 2.94 bits per heavy atom. The Balaban J connectivity index is 1.99. The maximum absolute atomic E-state index is 4.24. The first-order chi connectivity index (χ1) is 8.33. The molecule has 2 atom stereocenters. The van der Waals surface area contributed by atoms with E-state index in [-0.39, 0.29) is 0 Å². The summed E-state index contributed by atoms with van der Waals surface area (Å²) < 4.78 is 0. The summed E-state index contributed by atoms with van der Waals surface area (Å²) in [6.07, 6.45) is 7.72. The number of nitrogens with zero attached hydrogens (tertiary/aromatic N) is 1. The number of nitrogens with one attached hydrogen (secondary N) is 2. The summed E-state index contributed by atoms with van der Waals surface area (Å²) in [7, 11) is 1.92. The highest BCUT2D eigenvalue weighted by Crippen LogP contribution is 2.32. The van der Waals surface area contributed by atoms with Crippen LogP contribution in [0.25, 0.3) is 0 Å². The Morgan fingerprint density at radius 1 is 1.35 bits per heavy atom. The predicted octanol–water partition coefficient (Wildman–Crippen LogP) is 3.21. The third-order valence-corrected chi connectivity index (χ3v) is 4.54. The molecule has 1 aliphatic carbocycles. The Morgan fingerprint density at radius 2 is 2.18 bits per heavy atom. The van der Waals surface area contributed by atoms with Crippen molar-refractivity contribution in [2.75, 3.05) is 23.4 Å². The van der Waals surface area contributed by atoms with Gasteiger partial charge in [-0.2, -0.15) is 11.8 Å². The molecule has 0 spiro atoms. The zero-order chi connectivity index (χ0) is 12.1. The van der Waals surface area contributed by atoms with Crippen molar-refractivity contribution in [2.45, 2.75) is 37.5 Å². The first-order valence-electron chi connectivity index (χ1n) is 6.34. The van der Waals surface area contributed by atoms with Crippen LogP contribution in [-0.2, 0) is 0 Å². The fourth-order valence-corrected chi connectivity index (χ4v) is 3.57. The fourth-order valence-electron chi connectivity index (χ4n) is 2.37. The lowest BCUT2D eigenvalue weighted by Crippen LogP contribution is -2.26. The summed E-state index contributed by atoms with van der Waals surface area (Å²) in [6.45, 7) is 2.24. The Bertz CT molecular complexity index is 356. The number of hydrogen-bond donors (Lipinski definition) is 2. The molecule has 0 saturated heterocycles. The topological polar surface area (TPSA) is 37.0 Å². The second kappa shape index (κ2) is 6.15. The van der Waals surface area contributed by atoms with Crippen LogP contribution in [0.3, 0.4) is 0 Å². The van der Waals surface area contributed by atoms with Crippen LogP contribution in [0.2, 0.25) is 0 Å². The maximum Gasteiger partial charge on any atom is 0.0549 e. The molecule has 2 rings (SSSR count). The second-order valence-electron chi connectivity index (χ2n) is 4.39. The average Bonchev–Trinajstić information content (AvgIpc) is 2.78. The number of rotatable bonds is 5. The Labute approximate surface area is 108 Å². The van der Waals surface area contributed by atoms with Gasteiger partial charge < -0.3 is 10.6 Å². The summed E-state index contributed by atoms with van der Waals surface area (Å²) in [4.78, 5) is 4.24. The number of pyridine rings is 1. The van der Waals surface area contributed by atoms with Crippen LogP contribution < -0.4 is 10.6 Å². The predicted molar refractivity (Wildman–Crippen MR) is 77.0 cm³/mol. The van der Waals surface area contributed by atoms with Crippen LogP contribution in [0.5, 0.6) is 0 Å². The molecular formula is C13H21N3S. The van der Waals surface area contributed by atoms with Crippen LogP contribution in [-0.4, -0.2) is 29.1 Å². The quantitative estimate of drug-likeness (QED) is 0.842. The summed E-state index contributed by atoms with van der Waals surface area (Å²) >= 11 is 2.08. The lowest BCUT2D eigenvalue weighted by atomic mass is 10.2. The Kier molecular flexibility index (Phi) is 4.54. The van der Waals surface area contributed by atoms with Gasteiger partial charge in [0.25, 0.3) is 0 Å². The molecule has 2 unspecified atom stereocenters. The van der Waals surface area contributed by atoms with E-state index in [0.29, 0.717) is 6.04 Å². The summed E-state index contributed by atoms with van der Waals surface area (Å²) in [5.41, 5.74) is 2.19. The van der Waals surface area contributed by atoms with Gasteiger partial charge in [0.05, 0.1) is 23.8 Å². The highest BCUT2D eigenvalue weighted by molar-refractivity contribution is 7.99. The molecule has 0 radical (unpaired) electrons. The van der Waals surface area contributed by atoms with Gasteiger partial charge in [-0.15, -0.1) is 0 Å². The monoisotopic (exact) mass is 251 g/mol. The van der Waals surface area contributed by atoms with E-state index >= 15 is 0 Å². The van der Waals surface area contributed by atoms with Gasteiger partial charge in [-0.25, -0.2) is 0 Å². The molecule has 1 fully saturated rings. The average molecular weight is 251 g/mol. The zero-order valence-corrected chi connectivity index (χ0v) is 11.4. The number of thioether (sulfide) groups is 1. The van der Waals surface area contributed by atoms with Gasteiger partial charge in [-0.3, -0.25) is 4.98 Å². The molecule has 1 aromatic rings. The van der Waals surface area contributed by atoms with Gasteiger partial charge in [0.15, 0.2) is 0 Å². The van der Waals surface area contributed by atoms with E-state index in [9.17, 15) is 0 Å². The van der Waals surface area contributed by atoms with Gasteiger partial charge in [-0.05, 0) is 24.7 Å². The minimum Gasteiger partial charge on any atom is -0.387 e. The smallest absolute Gasteiger partial charge is 0.0549 e. The van der Waals surface area contributed by atoms with E-state index in [1.165, 1.54) is 25.0 Å². The van der Waals surface area contributed by atoms with Gasteiger partial charge in [0, 0.05) is 18.3 Å². The van der Waals surface area contributed by atoms with Crippen LogP contribution in [0.4, 0.5) is 11.4 Å². The highest BCUT2D eigenvalue weighted by atomic mass is 32.2. The minimum atomic E-state index is 0.605. The van der Waals surface area contributed by atoms with Gasteiger partial charge in [0.1, 0.15) is 0 Å². The van der Waals surface area contributed by atoms with Gasteiger partial charge in [0.2, 0.25) is 0 Å². The molecule has 4 heteroatoms. The normalized spacial score (nSPS) is 23.6. The lowest BCUT2D eigenvalue weighted by molar-refractivity contribution is 0.767. The van der Waals surface area contributed by atoms with Crippen LogP contribution in [0.15, 0.2) is 18.5 Å². The Hall–Kier alpha value is -0.900. The van der Waals surface area contributed by atoms with E-state index in [1.807, 2.05) is 19.4 Å². The van der Waals surface area contributed by atoms with E-state index in [1.54, 1.807) is 0 Å². The molecule has 1 aromatic heterocycles. The fraction of sp³-hybridized carbons (Fsp3) is 0.615. The molecule has 94 valence electrons. The first-order valence-corrected chi connectivity index (χ1v) is 7.39. The number of anilines is 2. The standard InChI is InChI=1S/C13H21N3S/c1-3-17-13-6-4-5-12(13)16-11-7-10(14-2)8-15-9-11/h7-9,12-14,16H,3-6H2,1-2H3. The number of aromatic nitrogens is 1. The molecule has 1 heterocycles.